The molecule has 0 aliphatic carbocycles. The van der Waals surface area contributed by atoms with Gasteiger partial charge in [0.2, 0.25) is 0 Å². The first kappa shape index (κ1) is 13.9. The average molecular weight is 377 g/mol. The van der Waals surface area contributed by atoms with Crippen LogP contribution < -0.4 is 4.74 Å². The first-order valence-corrected chi connectivity index (χ1v) is 7.79. The van der Waals surface area contributed by atoms with Crippen molar-refractivity contribution >= 4 is 37.8 Å². The summed E-state index contributed by atoms with van der Waals surface area (Å²) in [7, 11) is 1.59. The molecule has 1 aliphatic rings. The zero-order chi connectivity index (χ0) is 13.1. The molecule has 1 amide bonds. The highest BCUT2D eigenvalue weighted by molar-refractivity contribution is 9.10. The molecule has 1 aromatic rings. The van der Waals surface area contributed by atoms with E-state index in [4.69, 9.17) is 4.74 Å². The van der Waals surface area contributed by atoms with Gasteiger partial charge in [0.25, 0.3) is 5.91 Å². The zero-order valence-corrected chi connectivity index (χ0v) is 13.3. The van der Waals surface area contributed by atoms with Crippen molar-refractivity contribution in [3.63, 3.8) is 0 Å². The second-order valence-electron chi connectivity index (χ2n) is 4.29. The predicted molar refractivity (Wildman–Crippen MR) is 78.5 cm³/mol. The van der Waals surface area contributed by atoms with Crippen molar-refractivity contribution in [1.29, 1.82) is 0 Å². The zero-order valence-electron chi connectivity index (χ0n) is 10.2. The van der Waals surface area contributed by atoms with Gasteiger partial charge in [0.15, 0.2) is 0 Å². The lowest BCUT2D eigenvalue weighted by atomic mass is 10.1. The Balaban J connectivity index is 2.28. The molecule has 2 rings (SSSR count). The van der Waals surface area contributed by atoms with Crippen molar-refractivity contribution in [2.45, 2.75) is 18.9 Å². The standard InChI is InChI=1S/C13H15Br2NO2/c1-18-12-7-9(15)4-5-11(12)13(17)16-6-2-3-10(16)8-14/h4-5,7,10H,2-3,6,8H2,1H3. The molecule has 1 fully saturated rings. The number of carbonyl (C=O) groups excluding carboxylic acids is 1. The Morgan fingerprint density at radius 2 is 2.33 bits per heavy atom. The minimum absolute atomic E-state index is 0.0568. The lowest BCUT2D eigenvalue weighted by Crippen LogP contribution is -2.36. The number of ether oxygens (including phenoxy) is 1. The van der Waals surface area contributed by atoms with Crippen molar-refractivity contribution in [3.05, 3.63) is 28.2 Å². The minimum Gasteiger partial charge on any atom is -0.496 e. The van der Waals surface area contributed by atoms with Gasteiger partial charge in [0, 0.05) is 22.4 Å². The topological polar surface area (TPSA) is 29.5 Å². The normalized spacial score (nSPS) is 19.1. The van der Waals surface area contributed by atoms with Gasteiger partial charge in [-0.25, -0.2) is 0 Å². The fraction of sp³-hybridized carbons (Fsp3) is 0.462. The van der Waals surface area contributed by atoms with Crippen LogP contribution >= 0.6 is 31.9 Å². The van der Waals surface area contributed by atoms with E-state index in [2.05, 4.69) is 31.9 Å². The number of amides is 1. The average Bonchev–Trinajstić information content (AvgIpc) is 2.86. The maximum atomic E-state index is 12.5. The monoisotopic (exact) mass is 375 g/mol. The van der Waals surface area contributed by atoms with Crippen LogP contribution in [-0.4, -0.2) is 35.8 Å². The number of methoxy groups -OCH3 is 1. The van der Waals surface area contributed by atoms with E-state index in [1.807, 2.05) is 23.1 Å². The Labute approximate surface area is 124 Å². The highest BCUT2D eigenvalue weighted by Gasteiger charge is 2.29. The van der Waals surface area contributed by atoms with Crippen LogP contribution in [0.2, 0.25) is 0 Å². The molecule has 0 saturated carbocycles. The third-order valence-corrected chi connectivity index (χ3v) is 4.45. The Kier molecular flexibility index (Phi) is 4.67. The number of alkyl halides is 1. The number of likely N-dealkylation sites (tertiary alicyclic amines) is 1. The molecule has 1 aromatic carbocycles. The van der Waals surface area contributed by atoms with E-state index in [0.717, 1.165) is 29.2 Å². The van der Waals surface area contributed by atoms with Crippen LogP contribution in [0.3, 0.4) is 0 Å². The van der Waals surface area contributed by atoms with E-state index in [1.165, 1.54) is 0 Å². The Bertz CT molecular complexity index is 451. The third-order valence-electron chi connectivity index (χ3n) is 3.21. The van der Waals surface area contributed by atoms with Crippen LogP contribution in [0.1, 0.15) is 23.2 Å². The van der Waals surface area contributed by atoms with E-state index in [9.17, 15) is 4.79 Å². The molecule has 1 heterocycles. The van der Waals surface area contributed by atoms with E-state index in [0.29, 0.717) is 17.4 Å². The molecule has 1 atom stereocenters. The molecular formula is C13H15Br2NO2. The predicted octanol–water partition coefficient (Wildman–Crippen LogP) is 3.46. The maximum Gasteiger partial charge on any atom is 0.257 e. The van der Waals surface area contributed by atoms with E-state index < -0.39 is 0 Å². The number of hydrogen-bond donors (Lipinski definition) is 0. The minimum atomic E-state index is 0.0568. The molecule has 0 aromatic heterocycles. The van der Waals surface area contributed by atoms with Gasteiger partial charge in [0.1, 0.15) is 5.75 Å². The summed E-state index contributed by atoms with van der Waals surface area (Å²) in [5.74, 6) is 0.677. The third kappa shape index (κ3) is 2.72. The van der Waals surface area contributed by atoms with Gasteiger partial charge >= 0.3 is 0 Å². The highest BCUT2D eigenvalue weighted by Crippen LogP contribution is 2.28. The van der Waals surface area contributed by atoms with Crippen molar-refractivity contribution in [1.82, 2.24) is 4.90 Å². The fourth-order valence-corrected chi connectivity index (χ4v) is 3.27. The molecule has 98 valence electrons. The number of halogens is 2. The summed E-state index contributed by atoms with van der Waals surface area (Å²) in [5.41, 5.74) is 0.633. The summed E-state index contributed by atoms with van der Waals surface area (Å²) >= 11 is 6.85. The van der Waals surface area contributed by atoms with E-state index in [1.54, 1.807) is 7.11 Å². The van der Waals surface area contributed by atoms with E-state index >= 15 is 0 Å². The summed E-state index contributed by atoms with van der Waals surface area (Å²) in [4.78, 5) is 14.4. The number of hydrogen-bond acceptors (Lipinski definition) is 2. The summed E-state index contributed by atoms with van der Waals surface area (Å²) < 4.78 is 6.20. The molecule has 5 heteroatoms. The molecule has 1 aliphatic heterocycles. The van der Waals surface area contributed by atoms with E-state index in [-0.39, 0.29) is 5.91 Å². The van der Waals surface area contributed by atoms with Crippen molar-refractivity contribution in [3.8, 4) is 5.75 Å². The van der Waals surface area contributed by atoms with Crippen LogP contribution in [0.4, 0.5) is 0 Å². The van der Waals surface area contributed by atoms with Crippen LogP contribution in [0.5, 0.6) is 5.75 Å². The van der Waals surface area contributed by atoms with Gasteiger partial charge in [-0.1, -0.05) is 31.9 Å². The summed E-state index contributed by atoms with van der Waals surface area (Å²) in [6, 6.07) is 5.81. The lowest BCUT2D eigenvalue weighted by Gasteiger charge is -2.24. The SMILES string of the molecule is COc1cc(Br)ccc1C(=O)N1CCCC1CBr. The lowest BCUT2D eigenvalue weighted by molar-refractivity contribution is 0.0747. The van der Waals surface area contributed by atoms with Crippen molar-refractivity contribution in [2.75, 3.05) is 19.0 Å². The second-order valence-corrected chi connectivity index (χ2v) is 5.86. The van der Waals surface area contributed by atoms with Crippen LogP contribution in [0.15, 0.2) is 22.7 Å². The van der Waals surface area contributed by atoms with Gasteiger partial charge in [-0.05, 0) is 31.0 Å². The van der Waals surface area contributed by atoms with Gasteiger partial charge in [-0.2, -0.15) is 0 Å². The van der Waals surface area contributed by atoms with Gasteiger partial charge in [-0.3, -0.25) is 4.79 Å². The number of benzene rings is 1. The molecule has 0 radical (unpaired) electrons. The fourth-order valence-electron chi connectivity index (χ4n) is 2.26. The van der Waals surface area contributed by atoms with Gasteiger partial charge < -0.3 is 9.64 Å². The molecule has 1 unspecified atom stereocenters. The van der Waals surface area contributed by atoms with Crippen molar-refractivity contribution < 1.29 is 9.53 Å². The highest BCUT2D eigenvalue weighted by atomic mass is 79.9. The Morgan fingerprint density at radius 3 is 3.00 bits per heavy atom. The molecule has 0 spiro atoms. The number of nitrogens with zero attached hydrogens (tertiary/aromatic N) is 1. The Morgan fingerprint density at radius 1 is 1.56 bits per heavy atom. The molecule has 0 bridgehead atoms. The maximum absolute atomic E-state index is 12.5. The second kappa shape index (κ2) is 6.06. The van der Waals surface area contributed by atoms with Crippen LogP contribution in [0, 0.1) is 0 Å². The molecular weight excluding hydrogens is 362 g/mol. The number of carbonyl (C=O) groups is 1. The summed E-state index contributed by atoms with van der Waals surface area (Å²) in [6.07, 6.45) is 2.14. The van der Waals surface area contributed by atoms with Gasteiger partial charge in [-0.15, -0.1) is 0 Å². The van der Waals surface area contributed by atoms with Crippen molar-refractivity contribution in [2.24, 2.45) is 0 Å². The molecule has 0 N–H and O–H groups in total. The number of rotatable bonds is 3. The molecule has 18 heavy (non-hydrogen) atoms. The summed E-state index contributed by atoms with van der Waals surface area (Å²) in [6.45, 7) is 0.828. The molecule has 1 saturated heterocycles. The quantitative estimate of drug-likeness (QED) is 0.756. The molecule has 3 nitrogen and oxygen atoms in total. The first-order chi connectivity index (χ1) is 8.67. The Hall–Kier alpha value is -0.550. The smallest absolute Gasteiger partial charge is 0.257 e. The van der Waals surface area contributed by atoms with Crippen LogP contribution in [-0.2, 0) is 0 Å². The first-order valence-electron chi connectivity index (χ1n) is 5.88. The van der Waals surface area contributed by atoms with Gasteiger partial charge in [0.05, 0.1) is 12.7 Å². The van der Waals surface area contributed by atoms with Crippen LogP contribution in [0.25, 0.3) is 0 Å². The largest absolute Gasteiger partial charge is 0.496 e. The summed E-state index contributed by atoms with van der Waals surface area (Å²) in [5, 5.41) is 0.831.